The van der Waals surface area contributed by atoms with Gasteiger partial charge in [0, 0.05) is 11.8 Å². The van der Waals surface area contributed by atoms with Gasteiger partial charge in [-0.05, 0) is 111 Å². The van der Waals surface area contributed by atoms with Gasteiger partial charge < -0.3 is 5.11 Å². The van der Waals surface area contributed by atoms with Crippen LogP contribution in [0.15, 0.2) is 0 Å². The highest BCUT2D eigenvalue weighted by atomic mass is 19.3. The topological polar surface area (TPSA) is 37.3 Å². The van der Waals surface area contributed by atoms with E-state index < -0.39 is 6.43 Å². The van der Waals surface area contributed by atoms with Crippen molar-refractivity contribution in [1.29, 1.82) is 0 Å². The lowest BCUT2D eigenvalue weighted by molar-refractivity contribution is -0.133. The Morgan fingerprint density at radius 3 is 2.21 bits per heavy atom. The highest BCUT2D eigenvalue weighted by Crippen LogP contribution is 2.64. The van der Waals surface area contributed by atoms with E-state index in [1.54, 1.807) is 0 Å². The van der Waals surface area contributed by atoms with Crippen LogP contribution in [0.4, 0.5) is 8.78 Å². The molecule has 1 N–H and O–H groups in total. The Kier molecular flexibility index (Phi) is 7.64. The van der Waals surface area contributed by atoms with Crippen LogP contribution in [0.3, 0.4) is 0 Å². The molecule has 4 heteroatoms. The number of Topliss-reactive ketones (excluding diaryl/α,β-unsaturated/α-hetero) is 1. The maximum atomic E-state index is 13.1. The first-order valence-corrected chi connectivity index (χ1v) is 14.0. The summed E-state index contributed by atoms with van der Waals surface area (Å²) in [5, 5.41) is 9.35. The molecule has 5 saturated carbocycles. The Hall–Kier alpha value is -0.510. The van der Waals surface area contributed by atoms with Crippen molar-refractivity contribution in [1.82, 2.24) is 0 Å². The predicted molar refractivity (Wildman–Crippen MR) is 129 cm³/mol. The molecule has 5 aliphatic carbocycles. The second-order valence-corrected chi connectivity index (χ2v) is 13.4. The minimum absolute atomic E-state index is 0.0366. The molecule has 190 valence electrons. The lowest BCUT2D eigenvalue weighted by Gasteiger charge is -2.56. The maximum Gasteiger partial charge on any atom is 0.241 e. The maximum absolute atomic E-state index is 13.1. The molecule has 33 heavy (non-hydrogen) atoms. The fourth-order valence-electron chi connectivity index (χ4n) is 9.26. The predicted octanol–water partition coefficient (Wildman–Crippen LogP) is 7.53. The van der Waals surface area contributed by atoms with Crippen molar-refractivity contribution in [2.24, 2.45) is 58.2 Å². The first-order chi connectivity index (χ1) is 15.6. The van der Waals surface area contributed by atoms with Gasteiger partial charge in [-0.1, -0.05) is 40.5 Å². The number of alkyl halides is 2. The summed E-state index contributed by atoms with van der Waals surface area (Å²) < 4.78 is 26.3. The first-order valence-electron chi connectivity index (χ1n) is 14.0. The average molecular weight is 467 g/mol. The van der Waals surface area contributed by atoms with Gasteiger partial charge in [0.05, 0.1) is 0 Å². The zero-order valence-electron chi connectivity index (χ0n) is 21.5. The fourth-order valence-corrected chi connectivity index (χ4v) is 9.26. The van der Waals surface area contributed by atoms with Crippen molar-refractivity contribution < 1.29 is 18.7 Å². The minimum Gasteiger partial charge on any atom is -0.389 e. The van der Waals surface area contributed by atoms with Gasteiger partial charge in [0.15, 0.2) is 5.78 Å². The zero-order valence-corrected chi connectivity index (χ0v) is 21.5. The van der Waals surface area contributed by atoms with E-state index in [4.69, 9.17) is 0 Å². The van der Waals surface area contributed by atoms with Crippen molar-refractivity contribution in [3.05, 3.63) is 0 Å². The van der Waals surface area contributed by atoms with Gasteiger partial charge in [0.25, 0.3) is 0 Å². The minimum atomic E-state index is -2.14. The number of aliphatic hydroxyl groups excluding tert-OH is 1. The Labute approximate surface area is 200 Å². The molecule has 9 atom stereocenters. The summed E-state index contributed by atoms with van der Waals surface area (Å²) in [7, 11) is 0. The quantitative estimate of drug-likeness (QED) is 0.467. The molecule has 0 aromatic heterocycles. The molecule has 0 bridgehead atoms. The lowest BCUT2D eigenvalue weighted by atomic mass is 9.49. The molecule has 5 aliphatic rings. The van der Waals surface area contributed by atoms with Crippen LogP contribution in [0, 0.1) is 58.2 Å². The number of ketones is 1. The molecule has 0 saturated heterocycles. The van der Waals surface area contributed by atoms with Crippen LogP contribution in [0.25, 0.3) is 0 Å². The number of hydrogen-bond donors (Lipinski definition) is 1. The standard InChI is InChI=1S/C21H32F2O2.C8H16/c1-21-9-8-15-14-4-3-13(20(22)23)10-12(14)2-5-16(15)17(21)6-7-18(21)19(25)11-24;1-7-5-4-6-8(7,2)3/h12-18,20,24H,2-11H2,1H3;7H,4-6H2,1-3H3. The van der Waals surface area contributed by atoms with Crippen molar-refractivity contribution in [2.45, 2.75) is 111 Å². The van der Waals surface area contributed by atoms with Crippen molar-refractivity contribution in [3.8, 4) is 0 Å². The van der Waals surface area contributed by atoms with Gasteiger partial charge in [-0.25, -0.2) is 8.78 Å². The molecule has 0 radical (unpaired) electrons. The van der Waals surface area contributed by atoms with Gasteiger partial charge in [0.2, 0.25) is 6.43 Å². The van der Waals surface area contributed by atoms with Crippen molar-refractivity contribution in [2.75, 3.05) is 6.61 Å². The van der Waals surface area contributed by atoms with Gasteiger partial charge in [-0.15, -0.1) is 0 Å². The van der Waals surface area contributed by atoms with E-state index >= 15 is 0 Å². The summed E-state index contributed by atoms with van der Waals surface area (Å²) in [6.45, 7) is 9.10. The highest BCUT2D eigenvalue weighted by Gasteiger charge is 2.58. The average Bonchev–Trinajstić information content (AvgIpc) is 3.30. The molecule has 5 rings (SSSR count). The van der Waals surface area contributed by atoms with E-state index in [9.17, 15) is 18.7 Å². The van der Waals surface area contributed by atoms with E-state index in [1.807, 2.05) is 0 Å². The Morgan fingerprint density at radius 2 is 1.64 bits per heavy atom. The smallest absolute Gasteiger partial charge is 0.241 e. The molecular formula is C29H48F2O2. The van der Waals surface area contributed by atoms with Crippen LogP contribution in [-0.4, -0.2) is 23.9 Å². The third-order valence-corrected chi connectivity index (χ3v) is 11.7. The van der Waals surface area contributed by atoms with E-state index in [0.717, 1.165) is 50.9 Å². The van der Waals surface area contributed by atoms with Gasteiger partial charge >= 0.3 is 0 Å². The molecule has 0 aromatic rings. The number of aliphatic hydroxyl groups is 1. The number of carbonyl (C=O) groups excluding carboxylic acids is 1. The number of rotatable bonds is 3. The third kappa shape index (κ3) is 4.81. The molecule has 5 fully saturated rings. The summed E-state index contributed by atoms with van der Waals surface area (Å²) in [5.41, 5.74) is 0.716. The van der Waals surface area contributed by atoms with Crippen LogP contribution in [0.5, 0.6) is 0 Å². The van der Waals surface area contributed by atoms with Crippen LogP contribution < -0.4 is 0 Å². The Balaban J connectivity index is 0.000000275. The molecule has 0 spiro atoms. The van der Waals surface area contributed by atoms with E-state index in [2.05, 4.69) is 27.7 Å². The second-order valence-electron chi connectivity index (χ2n) is 13.4. The molecule has 2 nitrogen and oxygen atoms in total. The van der Waals surface area contributed by atoms with Crippen molar-refractivity contribution in [3.63, 3.8) is 0 Å². The molecule has 0 heterocycles. The van der Waals surface area contributed by atoms with E-state index in [-0.39, 0.29) is 29.6 Å². The van der Waals surface area contributed by atoms with E-state index in [0.29, 0.717) is 41.4 Å². The zero-order chi connectivity index (χ0) is 24.0. The summed E-state index contributed by atoms with van der Waals surface area (Å²) in [4.78, 5) is 12.2. The van der Waals surface area contributed by atoms with Crippen LogP contribution in [0.1, 0.15) is 105 Å². The summed E-state index contributed by atoms with van der Waals surface area (Å²) in [6, 6.07) is 0. The SMILES string of the molecule is CC12CCC3C4CCC(C(F)F)CC4CCC3C1CCC2C(=O)CO.CC1CCCC1(C)C. The number of hydrogen-bond acceptors (Lipinski definition) is 2. The third-order valence-electron chi connectivity index (χ3n) is 11.7. The molecule has 9 unspecified atom stereocenters. The largest absolute Gasteiger partial charge is 0.389 e. The second kappa shape index (κ2) is 9.86. The van der Waals surface area contributed by atoms with Crippen LogP contribution >= 0.6 is 0 Å². The normalized spacial score (nSPS) is 46.1. The number of fused-ring (bicyclic) bond motifs is 5. The summed E-state index contributed by atoms with van der Waals surface area (Å²) in [5.74, 6) is 3.79. The summed E-state index contributed by atoms with van der Waals surface area (Å²) >= 11 is 0. The Bertz CT molecular complexity index is 691. The molecule has 0 aromatic carbocycles. The lowest BCUT2D eigenvalue weighted by Crippen LogP contribution is -2.49. The number of halogens is 2. The van der Waals surface area contributed by atoms with Crippen LogP contribution in [0.2, 0.25) is 0 Å². The van der Waals surface area contributed by atoms with Gasteiger partial charge in [-0.3, -0.25) is 4.79 Å². The summed E-state index contributed by atoms with van der Waals surface area (Å²) in [6.07, 6.45) is 11.2. The molecular weight excluding hydrogens is 418 g/mol. The highest BCUT2D eigenvalue weighted by molar-refractivity contribution is 5.83. The monoisotopic (exact) mass is 466 g/mol. The number of carbonyl (C=O) groups is 1. The first kappa shape index (κ1) is 25.6. The molecule has 0 amide bonds. The van der Waals surface area contributed by atoms with Gasteiger partial charge in [0.1, 0.15) is 6.61 Å². The molecule has 0 aliphatic heterocycles. The Morgan fingerprint density at radius 1 is 0.909 bits per heavy atom. The van der Waals surface area contributed by atoms with E-state index in [1.165, 1.54) is 25.7 Å². The van der Waals surface area contributed by atoms with Crippen molar-refractivity contribution >= 4 is 5.78 Å². The fraction of sp³-hybridized carbons (Fsp3) is 0.966. The van der Waals surface area contributed by atoms with Gasteiger partial charge in [-0.2, -0.15) is 0 Å². The van der Waals surface area contributed by atoms with Crippen LogP contribution in [-0.2, 0) is 4.79 Å².